The first-order valence-corrected chi connectivity index (χ1v) is 6.90. The molecule has 1 unspecified atom stereocenters. The number of hydrogen-bond acceptors (Lipinski definition) is 3. The van der Waals surface area contributed by atoms with Crippen LogP contribution in [0.1, 0.15) is 30.7 Å². The molecule has 0 radical (unpaired) electrons. The normalized spacial score (nSPS) is 27.7. The van der Waals surface area contributed by atoms with Crippen molar-refractivity contribution in [1.82, 2.24) is 5.32 Å². The summed E-state index contributed by atoms with van der Waals surface area (Å²) in [6.45, 7) is 0.361. The zero-order valence-electron chi connectivity index (χ0n) is 11.0. The first-order valence-electron chi connectivity index (χ1n) is 6.90. The molecule has 0 bridgehead atoms. The van der Waals surface area contributed by atoms with Crippen LogP contribution in [0.3, 0.4) is 0 Å². The van der Waals surface area contributed by atoms with Gasteiger partial charge in [0, 0.05) is 11.6 Å². The van der Waals surface area contributed by atoms with Gasteiger partial charge in [-0.2, -0.15) is 0 Å². The van der Waals surface area contributed by atoms with E-state index in [1.54, 1.807) is 0 Å². The average molecular weight is 275 g/mol. The maximum atomic E-state index is 12.3. The van der Waals surface area contributed by atoms with Crippen molar-refractivity contribution in [2.75, 3.05) is 6.61 Å². The Kier molecular flexibility index (Phi) is 3.34. The lowest BCUT2D eigenvalue weighted by Gasteiger charge is -2.15. The van der Waals surface area contributed by atoms with Crippen LogP contribution in [0.4, 0.5) is 0 Å². The average Bonchev–Trinajstić information content (AvgIpc) is 3.04. The number of aliphatic carboxylic acids is 1. The number of carboxylic acid groups (broad SMARTS) is 1. The molecule has 1 fully saturated rings. The topological polar surface area (TPSA) is 75.6 Å². The predicted octanol–water partition coefficient (Wildman–Crippen LogP) is 1.53. The number of nitrogens with one attached hydrogen (secondary N) is 1. The van der Waals surface area contributed by atoms with Crippen molar-refractivity contribution in [3.63, 3.8) is 0 Å². The maximum absolute atomic E-state index is 12.3. The molecule has 5 nitrogen and oxygen atoms in total. The van der Waals surface area contributed by atoms with Crippen LogP contribution in [0.15, 0.2) is 24.3 Å². The molecular formula is C15H17NO4. The van der Waals surface area contributed by atoms with E-state index in [1.165, 1.54) is 0 Å². The second-order valence-corrected chi connectivity index (χ2v) is 5.46. The molecule has 3 rings (SSSR count). The second kappa shape index (κ2) is 5.15. The largest absolute Gasteiger partial charge is 0.492 e. The molecule has 3 atom stereocenters. The van der Waals surface area contributed by atoms with Gasteiger partial charge in [0.2, 0.25) is 5.91 Å². The summed E-state index contributed by atoms with van der Waals surface area (Å²) in [5.41, 5.74) is 0.915. The fourth-order valence-corrected chi connectivity index (χ4v) is 3.02. The molecule has 1 aliphatic carbocycles. The number of amides is 1. The Labute approximate surface area is 116 Å². The Morgan fingerprint density at radius 1 is 1.25 bits per heavy atom. The number of carbonyl (C=O) groups is 2. The highest BCUT2D eigenvalue weighted by atomic mass is 16.5. The number of carboxylic acids is 1. The summed E-state index contributed by atoms with van der Waals surface area (Å²) in [5, 5.41) is 11.9. The number of ether oxygens (including phenoxy) is 1. The fourth-order valence-electron chi connectivity index (χ4n) is 3.02. The predicted molar refractivity (Wildman–Crippen MR) is 71.6 cm³/mol. The van der Waals surface area contributed by atoms with Crippen LogP contribution in [0.2, 0.25) is 0 Å². The standard InChI is InChI=1S/C15H17NO4/c17-14(16-10-6-5-9(7-10)15(18)19)12-8-20-13-4-2-1-3-11(12)13/h1-4,9-10,12H,5-8H2,(H,16,17)(H,18,19)/t9-,10+,12?/m1/s1. The SMILES string of the molecule is O=C(N[C@H]1CC[C@@H](C(=O)O)C1)C1COc2ccccc21. The zero-order chi connectivity index (χ0) is 14.1. The van der Waals surface area contributed by atoms with Crippen molar-refractivity contribution in [2.45, 2.75) is 31.2 Å². The van der Waals surface area contributed by atoms with Crippen molar-refractivity contribution in [2.24, 2.45) is 5.92 Å². The van der Waals surface area contributed by atoms with E-state index in [2.05, 4.69) is 5.32 Å². The number of fused-ring (bicyclic) bond motifs is 1. The minimum absolute atomic E-state index is 0.0311. The molecule has 2 N–H and O–H groups in total. The van der Waals surface area contributed by atoms with Crippen LogP contribution < -0.4 is 10.1 Å². The summed E-state index contributed by atoms with van der Waals surface area (Å²) in [4.78, 5) is 23.2. The van der Waals surface area contributed by atoms with Crippen LogP contribution in [0.25, 0.3) is 0 Å². The number of para-hydroxylation sites is 1. The monoisotopic (exact) mass is 275 g/mol. The molecule has 1 amide bonds. The van der Waals surface area contributed by atoms with E-state index in [4.69, 9.17) is 9.84 Å². The molecule has 0 aromatic heterocycles. The van der Waals surface area contributed by atoms with Gasteiger partial charge >= 0.3 is 5.97 Å². The quantitative estimate of drug-likeness (QED) is 0.877. The minimum atomic E-state index is -0.767. The van der Waals surface area contributed by atoms with Gasteiger partial charge in [-0.25, -0.2) is 0 Å². The van der Waals surface area contributed by atoms with E-state index < -0.39 is 5.97 Å². The van der Waals surface area contributed by atoms with Crippen LogP contribution >= 0.6 is 0 Å². The van der Waals surface area contributed by atoms with Crippen LogP contribution in [0, 0.1) is 5.92 Å². The third-order valence-electron chi connectivity index (χ3n) is 4.14. The molecule has 5 heteroatoms. The van der Waals surface area contributed by atoms with E-state index in [0.717, 1.165) is 17.7 Å². The Hall–Kier alpha value is -2.04. The smallest absolute Gasteiger partial charge is 0.306 e. The minimum Gasteiger partial charge on any atom is -0.492 e. The highest BCUT2D eigenvalue weighted by Gasteiger charge is 2.34. The van der Waals surface area contributed by atoms with Gasteiger partial charge < -0.3 is 15.2 Å². The van der Waals surface area contributed by atoms with Crippen LogP contribution in [0.5, 0.6) is 5.75 Å². The van der Waals surface area contributed by atoms with E-state index in [0.29, 0.717) is 19.4 Å². The summed E-state index contributed by atoms with van der Waals surface area (Å²) >= 11 is 0. The molecule has 0 spiro atoms. The molecule has 2 aliphatic rings. The summed E-state index contributed by atoms with van der Waals surface area (Å²) < 4.78 is 5.50. The number of rotatable bonds is 3. The Balaban J connectivity index is 1.63. The van der Waals surface area contributed by atoms with E-state index in [9.17, 15) is 9.59 Å². The van der Waals surface area contributed by atoms with Gasteiger partial charge in [0.1, 0.15) is 18.3 Å². The van der Waals surface area contributed by atoms with Gasteiger partial charge in [-0.15, -0.1) is 0 Å². The molecule has 1 heterocycles. The Morgan fingerprint density at radius 2 is 2.05 bits per heavy atom. The second-order valence-electron chi connectivity index (χ2n) is 5.46. The number of benzene rings is 1. The van der Waals surface area contributed by atoms with Crippen molar-refractivity contribution in [1.29, 1.82) is 0 Å². The van der Waals surface area contributed by atoms with Crippen LogP contribution in [-0.4, -0.2) is 29.6 Å². The molecule has 1 saturated carbocycles. The van der Waals surface area contributed by atoms with E-state index in [1.807, 2.05) is 24.3 Å². The summed E-state index contributed by atoms with van der Waals surface area (Å²) in [7, 11) is 0. The molecule has 0 saturated heterocycles. The van der Waals surface area contributed by atoms with Gasteiger partial charge in [0.15, 0.2) is 0 Å². The third kappa shape index (κ3) is 2.35. The first-order chi connectivity index (χ1) is 9.65. The zero-order valence-corrected chi connectivity index (χ0v) is 11.0. The first kappa shape index (κ1) is 13.0. The van der Waals surface area contributed by atoms with Gasteiger partial charge in [0.25, 0.3) is 0 Å². The van der Waals surface area contributed by atoms with E-state index in [-0.39, 0.29) is 23.8 Å². The molecule has 1 aliphatic heterocycles. The molecule has 1 aromatic rings. The molecule has 106 valence electrons. The maximum Gasteiger partial charge on any atom is 0.306 e. The highest BCUT2D eigenvalue weighted by molar-refractivity contribution is 5.85. The fraction of sp³-hybridized carbons (Fsp3) is 0.467. The summed E-state index contributed by atoms with van der Waals surface area (Å²) in [6.07, 6.45) is 1.90. The lowest BCUT2D eigenvalue weighted by Crippen LogP contribution is -2.37. The lowest BCUT2D eigenvalue weighted by molar-refractivity contribution is -0.141. The number of carbonyl (C=O) groups excluding carboxylic acids is 1. The number of hydrogen-bond donors (Lipinski definition) is 2. The van der Waals surface area contributed by atoms with Crippen molar-refractivity contribution < 1.29 is 19.4 Å². The van der Waals surface area contributed by atoms with Crippen molar-refractivity contribution in [3.8, 4) is 5.75 Å². The van der Waals surface area contributed by atoms with Crippen molar-refractivity contribution in [3.05, 3.63) is 29.8 Å². The van der Waals surface area contributed by atoms with Gasteiger partial charge in [-0.3, -0.25) is 9.59 Å². The van der Waals surface area contributed by atoms with E-state index >= 15 is 0 Å². The van der Waals surface area contributed by atoms with Crippen molar-refractivity contribution >= 4 is 11.9 Å². The lowest BCUT2D eigenvalue weighted by atomic mass is 10.00. The Morgan fingerprint density at radius 3 is 2.80 bits per heavy atom. The summed E-state index contributed by atoms with van der Waals surface area (Å²) in [6, 6.07) is 7.51. The van der Waals surface area contributed by atoms with Crippen LogP contribution in [-0.2, 0) is 9.59 Å². The summed E-state index contributed by atoms with van der Waals surface area (Å²) in [5.74, 6) is -0.674. The highest BCUT2D eigenvalue weighted by Crippen LogP contribution is 2.34. The van der Waals surface area contributed by atoms with Gasteiger partial charge in [0.05, 0.1) is 5.92 Å². The molecule has 1 aromatic carbocycles. The molecule has 20 heavy (non-hydrogen) atoms. The Bertz CT molecular complexity index is 542. The van der Waals surface area contributed by atoms with Gasteiger partial charge in [-0.05, 0) is 25.3 Å². The third-order valence-corrected chi connectivity index (χ3v) is 4.14. The molecular weight excluding hydrogens is 258 g/mol. The van der Waals surface area contributed by atoms with Gasteiger partial charge in [-0.1, -0.05) is 18.2 Å².